The number of amides is 3. The Labute approximate surface area is 115 Å². The highest BCUT2D eigenvalue weighted by atomic mass is 16.4. The van der Waals surface area contributed by atoms with Gasteiger partial charge in [0.2, 0.25) is 5.91 Å². The van der Waals surface area contributed by atoms with Crippen molar-refractivity contribution in [3.05, 3.63) is 24.2 Å². The van der Waals surface area contributed by atoms with Gasteiger partial charge >= 0.3 is 12.0 Å². The fourth-order valence-electron chi connectivity index (χ4n) is 1.45. The third kappa shape index (κ3) is 5.42. The van der Waals surface area contributed by atoms with Gasteiger partial charge in [-0.15, -0.1) is 0 Å². The summed E-state index contributed by atoms with van der Waals surface area (Å²) in [4.78, 5) is 34.7. The Morgan fingerprint density at radius 3 is 2.65 bits per heavy atom. The van der Waals surface area contributed by atoms with Crippen LogP contribution in [-0.4, -0.2) is 47.5 Å². The van der Waals surface area contributed by atoms with E-state index in [2.05, 4.69) is 10.6 Å². The predicted octanol–water partition coefficient (Wildman–Crippen LogP) is 0.0119. The standard InChI is InChI=1S/C12H17N3O5/c1-2-15(8-11(17)18)10(16)7-14-12(19)13-6-9-4-3-5-20-9/h3-5H,2,6-8H2,1H3,(H,17,18)(H2,13,14,19). The summed E-state index contributed by atoms with van der Waals surface area (Å²) in [7, 11) is 0. The van der Waals surface area contributed by atoms with Gasteiger partial charge in [0, 0.05) is 6.54 Å². The van der Waals surface area contributed by atoms with E-state index in [0.717, 1.165) is 4.90 Å². The Morgan fingerprint density at radius 2 is 2.10 bits per heavy atom. The van der Waals surface area contributed by atoms with Crippen LogP contribution in [0.5, 0.6) is 0 Å². The van der Waals surface area contributed by atoms with E-state index in [-0.39, 0.29) is 26.2 Å². The first-order chi connectivity index (χ1) is 9.52. The molecule has 0 aliphatic heterocycles. The van der Waals surface area contributed by atoms with Crippen molar-refractivity contribution in [2.75, 3.05) is 19.6 Å². The van der Waals surface area contributed by atoms with Crippen LogP contribution in [0.2, 0.25) is 0 Å². The number of carboxylic acids is 1. The molecule has 0 atom stereocenters. The molecule has 0 bridgehead atoms. The maximum atomic E-state index is 11.6. The van der Waals surface area contributed by atoms with Gasteiger partial charge in [0.1, 0.15) is 12.3 Å². The summed E-state index contributed by atoms with van der Waals surface area (Å²) in [5.74, 6) is -0.960. The molecule has 0 aliphatic rings. The average Bonchev–Trinajstić information content (AvgIpc) is 2.92. The molecule has 0 radical (unpaired) electrons. The third-order valence-electron chi connectivity index (χ3n) is 2.46. The molecule has 8 nitrogen and oxygen atoms in total. The summed E-state index contributed by atoms with van der Waals surface area (Å²) in [5.41, 5.74) is 0. The Morgan fingerprint density at radius 1 is 1.35 bits per heavy atom. The van der Waals surface area contributed by atoms with Gasteiger partial charge in [-0.1, -0.05) is 0 Å². The highest BCUT2D eigenvalue weighted by molar-refractivity contribution is 5.86. The van der Waals surface area contributed by atoms with Crippen LogP contribution in [-0.2, 0) is 16.1 Å². The number of nitrogens with zero attached hydrogens (tertiary/aromatic N) is 1. The lowest BCUT2D eigenvalue weighted by Gasteiger charge is -2.18. The first kappa shape index (κ1) is 15.5. The van der Waals surface area contributed by atoms with Crippen LogP contribution < -0.4 is 10.6 Å². The van der Waals surface area contributed by atoms with Crippen LogP contribution in [0.3, 0.4) is 0 Å². The van der Waals surface area contributed by atoms with Crippen molar-refractivity contribution in [1.82, 2.24) is 15.5 Å². The molecule has 1 rings (SSSR count). The quantitative estimate of drug-likeness (QED) is 0.652. The number of nitrogens with one attached hydrogen (secondary N) is 2. The number of hydrogen-bond donors (Lipinski definition) is 3. The molecule has 0 aliphatic carbocycles. The fraction of sp³-hybridized carbons (Fsp3) is 0.417. The molecular weight excluding hydrogens is 266 g/mol. The maximum absolute atomic E-state index is 11.6. The van der Waals surface area contributed by atoms with Gasteiger partial charge in [-0.05, 0) is 19.1 Å². The van der Waals surface area contributed by atoms with Crippen molar-refractivity contribution in [3.8, 4) is 0 Å². The molecular formula is C12H17N3O5. The minimum atomic E-state index is -1.09. The second kappa shape index (κ2) is 7.82. The van der Waals surface area contributed by atoms with Gasteiger partial charge in [-0.3, -0.25) is 9.59 Å². The number of hydrogen-bond acceptors (Lipinski definition) is 4. The molecule has 0 saturated heterocycles. The van der Waals surface area contributed by atoms with Crippen LogP contribution in [0.1, 0.15) is 12.7 Å². The van der Waals surface area contributed by atoms with Crippen LogP contribution in [0.25, 0.3) is 0 Å². The highest BCUT2D eigenvalue weighted by Gasteiger charge is 2.15. The summed E-state index contributed by atoms with van der Waals surface area (Å²) >= 11 is 0. The summed E-state index contributed by atoms with van der Waals surface area (Å²) < 4.78 is 5.03. The molecule has 110 valence electrons. The number of carboxylic acid groups (broad SMARTS) is 1. The van der Waals surface area contributed by atoms with E-state index < -0.39 is 17.9 Å². The molecule has 1 aromatic heterocycles. The first-order valence-electron chi connectivity index (χ1n) is 6.06. The van der Waals surface area contributed by atoms with Crippen molar-refractivity contribution in [3.63, 3.8) is 0 Å². The van der Waals surface area contributed by atoms with E-state index >= 15 is 0 Å². The summed E-state index contributed by atoms with van der Waals surface area (Å²) in [6, 6.07) is 2.88. The van der Waals surface area contributed by atoms with Crippen molar-refractivity contribution in [2.24, 2.45) is 0 Å². The second-order valence-corrected chi connectivity index (χ2v) is 3.92. The van der Waals surface area contributed by atoms with Gasteiger partial charge in [0.25, 0.3) is 0 Å². The maximum Gasteiger partial charge on any atom is 0.323 e. The smallest absolute Gasteiger partial charge is 0.323 e. The van der Waals surface area contributed by atoms with E-state index in [1.165, 1.54) is 6.26 Å². The molecule has 20 heavy (non-hydrogen) atoms. The molecule has 0 saturated carbocycles. The minimum Gasteiger partial charge on any atom is -0.480 e. The molecule has 1 heterocycles. The number of rotatable bonds is 7. The zero-order valence-electron chi connectivity index (χ0n) is 11.1. The Balaban J connectivity index is 2.28. The highest BCUT2D eigenvalue weighted by Crippen LogP contribution is 1.98. The Bertz CT molecular complexity index is 458. The predicted molar refractivity (Wildman–Crippen MR) is 68.8 cm³/mol. The van der Waals surface area contributed by atoms with Crippen molar-refractivity contribution in [1.29, 1.82) is 0 Å². The van der Waals surface area contributed by atoms with Crippen molar-refractivity contribution in [2.45, 2.75) is 13.5 Å². The zero-order chi connectivity index (χ0) is 15.0. The van der Waals surface area contributed by atoms with Gasteiger partial charge < -0.3 is 25.1 Å². The molecule has 8 heteroatoms. The molecule has 0 unspecified atom stereocenters. The summed E-state index contributed by atoms with van der Waals surface area (Å²) in [6.07, 6.45) is 1.49. The van der Waals surface area contributed by atoms with E-state index in [1.54, 1.807) is 19.1 Å². The first-order valence-corrected chi connectivity index (χ1v) is 6.06. The number of urea groups is 1. The lowest BCUT2D eigenvalue weighted by Crippen LogP contribution is -2.45. The van der Waals surface area contributed by atoms with E-state index in [4.69, 9.17) is 9.52 Å². The van der Waals surface area contributed by atoms with Gasteiger partial charge in [0.15, 0.2) is 0 Å². The van der Waals surface area contributed by atoms with Crippen molar-refractivity contribution < 1.29 is 23.9 Å². The lowest BCUT2D eigenvalue weighted by atomic mass is 10.4. The van der Waals surface area contributed by atoms with Gasteiger partial charge in [-0.2, -0.15) is 0 Å². The van der Waals surface area contributed by atoms with E-state index in [1.807, 2.05) is 0 Å². The number of aliphatic carboxylic acids is 1. The SMILES string of the molecule is CCN(CC(=O)O)C(=O)CNC(=O)NCc1ccco1. The lowest BCUT2D eigenvalue weighted by molar-refractivity contribution is -0.143. The van der Waals surface area contributed by atoms with Crippen LogP contribution in [0.15, 0.2) is 22.8 Å². The molecule has 3 amide bonds. The third-order valence-corrected chi connectivity index (χ3v) is 2.46. The van der Waals surface area contributed by atoms with Crippen LogP contribution in [0.4, 0.5) is 4.79 Å². The fourth-order valence-corrected chi connectivity index (χ4v) is 1.45. The molecule has 3 N–H and O–H groups in total. The molecule has 0 fully saturated rings. The van der Waals surface area contributed by atoms with E-state index in [9.17, 15) is 14.4 Å². The number of carbonyl (C=O) groups excluding carboxylic acids is 2. The topological polar surface area (TPSA) is 112 Å². The van der Waals surface area contributed by atoms with Gasteiger partial charge in [0.05, 0.1) is 19.4 Å². The minimum absolute atomic E-state index is 0.208. The van der Waals surface area contributed by atoms with Gasteiger partial charge in [-0.25, -0.2) is 4.79 Å². The zero-order valence-corrected chi connectivity index (χ0v) is 11.1. The van der Waals surface area contributed by atoms with Crippen LogP contribution in [0, 0.1) is 0 Å². The molecule has 1 aromatic rings. The monoisotopic (exact) mass is 283 g/mol. The normalized spacial score (nSPS) is 9.85. The van der Waals surface area contributed by atoms with E-state index in [0.29, 0.717) is 5.76 Å². The summed E-state index contributed by atoms with van der Waals surface area (Å²) in [5, 5.41) is 13.5. The summed E-state index contributed by atoms with van der Waals surface area (Å²) in [6.45, 7) is 1.49. The molecule has 0 spiro atoms. The second-order valence-electron chi connectivity index (χ2n) is 3.92. The number of furan rings is 1. The van der Waals surface area contributed by atoms with Crippen molar-refractivity contribution >= 4 is 17.9 Å². The Hall–Kier alpha value is -2.51. The average molecular weight is 283 g/mol. The van der Waals surface area contributed by atoms with Crippen LogP contribution >= 0.6 is 0 Å². The number of likely N-dealkylation sites (N-methyl/N-ethyl adjacent to an activating group) is 1. The number of carbonyl (C=O) groups is 3. The largest absolute Gasteiger partial charge is 0.480 e. The molecule has 0 aromatic carbocycles. The Kier molecular flexibility index (Phi) is 6.08.